The number of hydrogen-bond acceptors (Lipinski definition) is 6. The van der Waals surface area contributed by atoms with E-state index in [1.165, 1.54) is 0 Å². The quantitative estimate of drug-likeness (QED) is 0.862. The minimum Gasteiger partial charge on any atom is -0.454 e. The molecule has 1 aromatic carbocycles. The molecule has 2 aromatic rings. The molecule has 0 spiro atoms. The first-order valence-corrected chi connectivity index (χ1v) is 7.57. The summed E-state index contributed by atoms with van der Waals surface area (Å²) in [5.41, 5.74) is 1.49. The molecule has 0 fully saturated rings. The van der Waals surface area contributed by atoms with Crippen molar-refractivity contribution in [3.8, 4) is 11.5 Å². The van der Waals surface area contributed by atoms with E-state index < -0.39 is 6.10 Å². The summed E-state index contributed by atoms with van der Waals surface area (Å²) in [5, 5.41) is 4.08. The van der Waals surface area contributed by atoms with E-state index in [4.69, 9.17) is 14.3 Å². The lowest BCUT2D eigenvalue weighted by molar-refractivity contribution is -0.142. The van der Waals surface area contributed by atoms with E-state index in [1.807, 2.05) is 24.3 Å². The van der Waals surface area contributed by atoms with Gasteiger partial charge in [0.2, 0.25) is 18.7 Å². The van der Waals surface area contributed by atoms with Crippen LogP contribution in [0, 0.1) is 0 Å². The summed E-state index contributed by atoms with van der Waals surface area (Å²) in [6.07, 6.45) is 1.02. The number of aromatic nitrogens is 1. The third-order valence-electron chi connectivity index (χ3n) is 3.84. The number of rotatable bonds is 3. The summed E-state index contributed by atoms with van der Waals surface area (Å²) in [7, 11) is 0. The van der Waals surface area contributed by atoms with Crippen LogP contribution in [-0.4, -0.2) is 34.5 Å². The summed E-state index contributed by atoms with van der Waals surface area (Å²) in [6.45, 7) is 2.24. The highest BCUT2D eigenvalue weighted by Crippen LogP contribution is 2.33. The maximum Gasteiger partial charge on any atom is 0.272 e. The Kier molecular flexibility index (Phi) is 3.53. The van der Waals surface area contributed by atoms with Crippen LogP contribution in [0.2, 0.25) is 0 Å². The summed E-state index contributed by atoms with van der Waals surface area (Å²) >= 11 is 0. The molecule has 0 radical (unpaired) electrons. The number of carbonyl (C=O) groups is 1. The van der Waals surface area contributed by atoms with E-state index in [9.17, 15) is 4.79 Å². The smallest absolute Gasteiger partial charge is 0.272 e. The van der Waals surface area contributed by atoms with Gasteiger partial charge in [-0.1, -0.05) is 17.3 Å². The Bertz CT molecular complexity index is 807. The number of carbonyl (C=O) groups excluding carboxylic acids is 1. The molecule has 122 valence electrons. The molecule has 2 aliphatic heterocycles. The van der Waals surface area contributed by atoms with Crippen LogP contribution in [0.1, 0.15) is 18.2 Å². The number of benzene rings is 1. The van der Waals surface area contributed by atoms with Crippen molar-refractivity contribution in [2.75, 3.05) is 6.79 Å². The van der Waals surface area contributed by atoms with E-state index in [-0.39, 0.29) is 12.7 Å². The molecule has 0 aliphatic carbocycles. The molecule has 0 bridgehead atoms. The molecular formula is C17H15N3O4. The molecule has 1 aromatic heterocycles. The van der Waals surface area contributed by atoms with E-state index in [1.54, 1.807) is 30.2 Å². The van der Waals surface area contributed by atoms with Gasteiger partial charge in [-0.2, -0.15) is 0 Å². The molecule has 7 nitrogen and oxygen atoms in total. The largest absolute Gasteiger partial charge is 0.454 e. The first-order chi connectivity index (χ1) is 11.7. The van der Waals surface area contributed by atoms with Crippen molar-refractivity contribution < 1.29 is 19.1 Å². The highest BCUT2D eigenvalue weighted by Gasteiger charge is 2.32. The monoisotopic (exact) mass is 325 g/mol. The first-order valence-electron chi connectivity index (χ1n) is 7.57. The van der Waals surface area contributed by atoms with Gasteiger partial charge in [-0.05, 0) is 36.8 Å². The summed E-state index contributed by atoms with van der Waals surface area (Å²) in [6, 6.07) is 11.0. The molecule has 7 heteroatoms. The zero-order valence-electron chi connectivity index (χ0n) is 13.0. The Labute approximate surface area is 138 Å². The average Bonchev–Trinajstić information content (AvgIpc) is 3.08. The number of pyridine rings is 1. The minimum atomic E-state index is -0.633. The van der Waals surface area contributed by atoms with E-state index >= 15 is 0 Å². The van der Waals surface area contributed by atoms with Gasteiger partial charge >= 0.3 is 0 Å². The van der Waals surface area contributed by atoms with Crippen LogP contribution in [0.3, 0.4) is 0 Å². The molecule has 1 unspecified atom stereocenters. The Morgan fingerprint density at radius 3 is 2.92 bits per heavy atom. The second kappa shape index (κ2) is 5.84. The third-order valence-corrected chi connectivity index (χ3v) is 3.84. The fraction of sp³-hybridized carbons (Fsp3) is 0.235. The fourth-order valence-corrected chi connectivity index (χ4v) is 2.60. The van der Waals surface area contributed by atoms with Gasteiger partial charge in [0, 0.05) is 6.20 Å². The van der Waals surface area contributed by atoms with Crippen molar-refractivity contribution in [2.24, 2.45) is 5.16 Å². The summed E-state index contributed by atoms with van der Waals surface area (Å²) < 4.78 is 10.7. The number of fused-ring (bicyclic) bond motifs is 1. The number of ether oxygens (including phenoxy) is 2. The lowest BCUT2D eigenvalue weighted by Gasteiger charge is -2.29. The third kappa shape index (κ3) is 2.54. The van der Waals surface area contributed by atoms with Gasteiger partial charge in [-0.15, -0.1) is 0 Å². The average molecular weight is 325 g/mol. The normalized spacial score (nSPS) is 19.0. The van der Waals surface area contributed by atoms with Gasteiger partial charge < -0.3 is 14.3 Å². The highest BCUT2D eigenvalue weighted by molar-refractivity contribution is 6.08. The second-order valence-electron chi connectivity index (χ2n) is 5.49. The number of amidine groups is 1. The van der Waals surface area contributed by atoms with Gasteiger partial charge in [-0.3, -0.25) is 14.7 Å². The van der Waals surface area contributed by atoms with Crippen LogP contribution < -0.4 is 9.47 Å². The van der Waals surface area contributed by atoms with Crippen molar-refractivity contribution in [1.82, 2.24) is 9.88 Å². The van der Waals surface area contributed by atoms with Crippen LogP contribution in [-0.2, 0) is 16.2 Å². The molecular weight excluding hydrogens is 310 g/mol. The molecule has 0 saturated heterocycles. The molecule has 2 aliphatic rings. The highest BCUT2D eigenvalue weighted by atomic mass is 16.7. The van der Waals surface area contributed by atoms with E-state index in [0.29, 0.717) is 29.6 Å². The first kappa shape index (κ1) is 14.5. The van der Waals surface area contributed by atoms with Crippen LogP contribution in [0.25, 0.3) is 0 Å². The Morgan fingerprint density at radius 1 is 1.21 bits per heavy atom. The van der Waals surface area contributed by atoms with Crippen molar-refractivity contribution in [1.29, 1.82) is 0 Å². The van der Waals surface area contributed by atoms with Gasteiger partial charge in [0.1, 0.15) is 5.69 Å². The van der Waals surface area contributed by atoms with Crippen LogP contribution in [0.15, 0.2) is 47.8 Å². The number of nitrogens with zero attached hydrogens (tertiary/aromatic N) is 3. The van der Waals surface area contributed by atoms with E-state index in [2.05, 4.69) is 10.1 Å². The number of hydrogen-bond donors (Lipinski definition) is 0. The minimum absolute atomic E-state index is 0.164. The number of oxime groups is 1. The van der Waals surface area contributed by atoms with Crippen molar-refractivity contribution in [2.45, 2.75) is 19.6 Å². The maximum absolute atomic E-state index is 12.6. The Hall–Kier alpha value is -3.09. The van der Waals surface area contributed by atoms with Crippen LogP contribution in [0.5, 0.6) is 11.5 Å². The SMILES string of the molecule is CC1ON=C(c2ccccn2)N(Cc2ccc3c(c2)OCO3)C1=O. The van der Waals surface area contributed by atoms with Gasteiger partial charge in [-0.25, -0.2) is 0 Å². The van der Waals surface area contributed by atoms with Crippen molar-refractivity contribution in [3.63, 3.8) is 0 Å². The Balaban J connectivity index is 1.66. The zero-order valence-corrected chi connectivity index (χ0v) is 13.0. The molecule has 1 amide bonds. The van der Waals surface area contributed by atoms with Gasteiger partial charge in [0.05, 0.1) is 6.54 Å². The topological polar surface area (TPSA) is 73.2 Å². The molecule has 3 heterocycles. The summed E-state index contributed by atoms with van der Waals surface area (Å²) in [5.74, 6) is 1.62. The Morgan fingerprint density at radius 2 is 2.08 bits per heavy atom. The van der Waals surface area contributed by atoms with Crippen molar-refractivity contribution in [3.05, 3.63) is 53.9 Å². The van der Waals surface area contributed by atoms with Crippen LogP contribution in [0.4, 0.5) is 0 Å². The van der Waals surface area contributed by atoms with E-state index in [0.717, 1.165) is 5.56 Å². The molecule has 0 N–H and O–H groups in total. The molecule has 24 heavy (non-hydrogen) atoms. The molecule has 1 atom stereocenters. The lowest BCUT2D eigenvalue weighted by Crippen LogP contribution is -2.46. The fourth-order valence-electron chi connectivity index (χ4n) is 2.60. The number of amides is 1. The van der Waals surface area contributed by atoms with Crippen molar-refractivity contribution >= 4 is 11.7 Å². The predicted molar refractivity (Wildman–Crippen MR) is 84.4 cm³/mol. The zero-order chi connectivity index (χ0) is 16.5. The van der Waals surface area contributed by atoms with Gasteiger partial charge in [0.15, 0.2) is 11.5 Å². The second-order valence-corrected chi connectivity index (χ2v) is 5.49. The lowest BCUT2D eigenvalue weighted by atomic mass is 10.1. The van der Waals surface area contributed by atoms with Crippen LogP contribution >= 0.6 is 0 Å². The predicted octanol–water partition coefficient (Wildman–Crippen LogP) is 1.92. The van der Waals surface area contributed by atoms with Gasteiger partial charge in [0.25, 0.3) is 5.91 Å². The summed E-state index contributed by atoms with van der Waals surface area (Å²) in [4.78, 5) is 23.6. The molecule has 4 rings (SSSR count). The standard InChI is InChI=1S/C17H15N3O4/c1-11-17(21)20(16(19-24-11)13-4-2-3-7-18-13)9-12-5-6-14-15(8-12)23-10-22-14/h2-8,11H,9-10H2,1H3. The maximum atomic E-state index is 12.6. The molecule has 0 saturated carbocycles.